The molecule has 2 heterocycles. The van der Waals surface area contributed by atoms with Gasteiger partial charge in [-0.05, 0) is 19.1 Å². The van der Waals surface area contributed by atoms with Crippen LogP contribution in [-0.2, 0) is 0 Å². The first-order chi connectivity index (χ1) is 9.59. The minimum absolute atomic E-state index is 0.0765. The second-order valence-corrected chi connectivity index (χ2v) is 4.68. The number of aromatic nitrogens is 3. The lowest BCUT2D eigenvalue weighted by molar-refractivity contribution is 0.436. The summed E-state index contributed by atoms with van der Waals surface area (Å²) < 4.78 is 19.3. The van der Waals surface area contributed by atoms with Gasteiger partial charge in [0.05, 0.1) is 22.3 Å². The number of halogens is 2. The van der Waals surface area contributed by atoms with E-state index in [4.69, 9.17) is 21.9 Å². The van der Waals surface area contributed by atoms with Gasteiger partial charge in [0.1, 0.15) is 5.82 Å². The van der Waals surface area contributed by atoms with Crippen LogP contribution in [0.25, 0.3) is 22.5 Å². The summed E-state index contributed by atoms with van der Waals surface area (Å²) in [6.45, 7) is 1.81. The molecule has 0 saturated carbocycles. The number of anilines is 1. The van der Waals surface area contributed by atoms with E-state index in [0.29, 0.717) is 16.9 Å². The lowest BCUT2D eigenvalue weighted by Crippen LogP contribution is -1.92. The SMILES string of the molecule is Cc1[nH]ncc1-c1onc(N)c1-c1c(F)cccc1Cl. The zero-order valence-corrected chi connectivity index (χ0v) is 11.2. The van der Waals surface area contributed by atoms with Crippen LogP contribution in [-0.4, -0.2) is 15.4 Å². The summed E-state index contributed by atoms with van der Waals surface area (Å²) in [5, 5.41) is 10.6. The number of nitrogens with two attached hydrogens (primary N) is 1. The average Bonchev–Trinajstić information content (AvgIpc) is 2.97. The molecule has 2 aromatic heterocycles. The molecule has 0 fully saturated rings. The van der Waals surface area contributed by atoms with Crippen molar-refractivity contribution in [2.24, 2.45) is 0 Å². The number of rotatable bonds is 2. The van der Waals surface area contributed by atoms with E-state index >= 15 is 0 Å². The van der Waals surface area contributed by atoms with Gasteiger partial charge in [-0.1, -0.05) is 22.8 Å². The average molecular weight is 293 g/mol. The van der Waals surface area contributed by atoms with E-state index in [1.54, 1.807) is 12.3 Å². The summed E-state index contributed by atoms with van der Waals surface area (Å²) in [5.74, 6) is -0.0804. The molecule has 0 aliphatic rings. The number of aryl methyl sites for hydroxylation is 1. The van der Waals surface area contributed by atoms with Gasteiger partial charge in [0.25, 0.3) is 0 Å². The third-order valence-electron chi connectivity index (χ3n) is 3.01. The molecule has 3 rings (SSSR count). The molecule has 0 amide bonds. The maximum Gasteiger partial charge on any atom is 0.180 e. The molecule has 0 atom stereocenters. The van der Waals surface area contributed by atoms with Crippen molar-refractivity contribution in [3.8, 4) is 22.5 Å². The Morgan fingerprint density at radius 3 is 2.80 bits per heavy atom. The van der Waals surface area contributed by atoms with Gasteiger partial charge in [0, 0.05) is 11.3 Å². The van der Waals surface area contributed by atoms with E-state index in [1.807, 2.05) is 6.92 Å². The standard InChI is InChI=1S/C13H10ClFN4O/c1-6-7(5-17-18-6)12-11(13(16)19-20-12)10-8(14)3-2-4-9(10)15/h2-5H,1H3,(H2,16,19)(H,17,18). The van der Waals surface area contributed by atoms with Crippen LogP contribution in [0.2, 0.25) is 5.02 Å². The smallest absolute Gasteiger partial charge is 0.180 e. The molecule has 102 valence electrons. The van der Waals surface area contributed by atoms with E-state index in [2.05, 4.69) is 15.4 Å². The summed E-state index contributed by atoms with van der Waals surface area (Å²) in [6.07, 6.45) is 1.56. The Morgan fingerprint density at radius 1 is 1.35 bits per heavy atom. The lowest BCUT2D eigenvalue weighted by atomic mass is 10.0. The largest absolute Gasteiger partial charge is 0.380 e. The number of aromatic amines is 1. The fourth-order valence-electron chi connectivity index (χ4n) is 2.04. The van der Waals surface area contributed by atoms with Gasteiger partial charge in [0.15, 0.2) is 11.6 Å². The Morgan fingerprint density at radius 2 is 2.15 bits per heavy atom. The topological polar surface area (TPSA) is 80.7 Å². The van der Waals surface area contributed by atoms with Gasteiger partial charge in [0.2, 0.25) is 0 Å². The van der Waals surface area contributed by atoms with Crippen LogP contribution in [0.15, 0.2) is 28.9 Å². The second-order valence-electron chi connectivity index (χ2n) is 4.28. The van der Waals surface area contributed by atoms with E-state index < -0.39 is 5.82 Å². The highest BCUT2D eigenvalue weighted by molar-refractivity contribution is 6.33. The number of hydrogen-bond donors (Lipinski definition) is 2. The third-order valence-corrected chi connectivity index (χ3v) is 3.32. The Hall–Kier alpha value is -2.34. The number of H-pyrrole nitrogens is 1. The fourth-order valence-corrected chi connectivity index (χ4v) is 2.30. The lowest BCUT2D eigenvalue weighted by Gasteiger charge is -2.06. The first-order valence-electron chi connectivity index (χ1n) is 5.79. The maximum absolute atomic E-state index is 14.1. The first-order valence-corrected chi connectivity index (χ1v) is 6.17. The zero-order chi connectivity index (χ0) is 14.3. The molecule has 0 bridgehead atoms. The van der Waals surface area contributed by atoms with Gasteiger partial charge in [-0.15, -0.1) is 0 Å². The molecule has 3 aromatic rings. The zero-order valence-electron chi connectivity index (χ0n) is 10.4. The molecule has 0 aliphatic heterocycles. The molecule has 0 radical (unpaired) electrons. The molecular weight excluding hydrogens is 283 g/mol. The maximum atomic E-state index is 14.1. The Balaban J connectivity index is 2.31. The van der Waals surface area contributed by atoms with Gasteiger partial charge in [-0.2, -0.15) is 5.10 Å². The normalized spacial score (nSPS) is 10.9. The monoisotopic (exact) mass is 292 g/mol. The van der Waals surface area contributed by atoms with Crippen LogP contribution in [0, 0.1) is 12.7 Å². The summed E-state index contributed by atoms with van der Waals surface area (Å²) in [7, 11) is 0. The molecule has 0 unspecified atom stereocenters. The van der Waals surface area contributed by atoms with E-state index in [9.17, 15) is 4.39 Å². The van der Waals surface area contributed by atoms with Crippen LogP contribution >= 0.6 is 11.6 Å². The van der Waals surface area contributed by atoms with Gasteiger partial charge in [-0.3, -0.25) is 5.10 Å². The molecule has 0 saturated heterocycles. The predicted octanol–water partition coefficient (Wildman–Crippen LogP) is 3.41. The quantitative estimate of drug-likeness (QED) is 0.758. The highest BCUT2D eigenvalue weighted by Crippen LogP contribution is 2.41. The number of nitrogens with zero attached hydrogens (tertiary/aromatic N) is 2. The number of benzene rings is 1. The minimum atomic E-state index is -0.491. The molecular formula is C13H10ClFN4O. The predicted molar refractivity (Wildman–Crippen MR) is 73.6 cm³/mol. The molecule has 0 aliphatic carbocycles. The van der Waals surface area contributed by atoms with E-state index in [0.717, 1.165) is 5.69 Å². The molecule has 0 spiro atoms. The van der Waals surface area contributed by atoms with Crippen molar-refractivity contribution in [3.05, 3.63) is 40.9 Å². The molecule has 20 heavy (non-hydrogen) atoms. The third kappa shape index (κ3) is 1.85. The van der Waals surface area contributed by atoms with Crippen molar-refractivity contribution in [2.45, 2.75) is 6.92 Å². The van der Waals surface area contributed by atoms with Crippen LogP contribution in [0.1, 0.15) is 5.69 Å². The van der Waals surface area contributed by atoms with Gasteiger partial charge < -0.3 is 10.3 Å². The Labute approximate surface area is 118 Å². The highest BCUT2D eigenvalue weighted by Gasteiger charge is 2.24. The van der Waals surface area contributed by atoms with Crippen molar-refractivity contribution in [2.75, 3.05) is 5.73 Å². The van der Waals surface area contributed by atoms with E-state index in [-0.39, 0.29) is 16.4 Å². The van der Waals surface area contributed by atoms with Crippen LogP contribution in [0.3, 0.4) is 0 Å². The van der Waals surface area contributed by atoms with E-state index in [1.165, 1.54) is 12.1 Å². The highest BCUT2D eigenvalue weighted by atomic mass is 35.5. The summed E-state index contributed by atoms with van der Waals surface area (Å²) in [6, 6.07) is 4.41. The minimum Gasteiger partial charge on any atom is -0.380 e. The molecule has 5 nitrogen and oxygen atoms in total. The number of nitrogen functional groups attached to an aromatic ring is 1. The summed E-state index contributed by atoms with van der Waals surface area (Å²) in [5.41, 5.74) is 7.72. The van der Waals surface area contributed by atoms with Gasteiger partial charge in [-0.25, -0.2) is 4.39 Å². The second kappa shape index (κ2) is 4.64. The summed E-state index contributed by atoms with van der Waals surface area (Å²) >= 11 is 6.08. The molecule has 3 N–H and O–H groups in total. The van der Waals surface area contributed by atoms with Crippen molar-refractivity contribution in [1.82, 2.24) is 15.4 Å². The number of hydrogen-bond acceptors (Lipinski definition) is 4. The van der Waals surface area contributed by atoms with Crippen molar-refractivity contribution in [3.63, 3.8) is 0 Å². The fraction of sp³-hybridized carbons (Fsp3) is 0.0769. The van der Waals surface area contributed by atoms with Crippen molar-refractivity contribution in [1.29, 1.82) is 0 Å². The van der Waals surface area contributed by atoms with Crippen LogP contribution < -0.4 is 5.73 Å². The van der Waals surface area contributed by atoms with Crippen LogP contribution in [0.5, 0.6) is 0 Å². The Kier molecular flexibility index (Phi) is 2.94. The Bertz CT molecular complexity index is 760. The van der Waals surface area contributed by atoms with Gasteiger partial charge >= 0.3 is 0 Å². The number of nitrogens with one attached hydrogen (secondary N) is 1. The first kappa shape index (κ1) is 12.7. The van der Waals surface area contributed by atoms with Crippen molar-refractivity contribution >= 4 is 17.4 Å². The molecule has 7 heteroatoms. The van der Waals surface area contributed by atoms with Crippen molar-refractivity contribution < 1.29 is 8.91 Å². The summed E-state index contributed by atoms with van der Waals surface area (Å²) in [4.78, 5) is 0. The molecule has 1 aromatic carbocycles. The van der Waals surface area contributed by atoms with Crippen LogP contribution in [0.4, 0.5) is 10.2 Å².